The Kier molecular flexibility index (Phi) is 3.37. The molecular formula is C12H13N3O4. The molecule has 7 nitrogen and oxygen atoms in total. The molecule has 2 aromatic rings. The van der Waals surface area contributed by atoms with Gasteiger partial charge < -0.3 is 14.4 Å². The van der Waals surface area contributed by atoms with Crippen molar-refractivity contribution in [2.24, 2.45) is 0 Å². The van der Waals surface area contributed by atoms with Gasteiger partial charge in [-0.3, -0.25) is 4.79 Å². The largest absolute Gasteiger partial charge is 0.475 e. The van der Waals surface area contributed by atoms with Gasteiger partial charge in [0.25, 0.3) is 5.56 Å². The van der Waals surface area contributed by atoms with E-state index in [0.29, 0.717) is 11.3 Å². The number of furan rings is 1. The van der Waals surface area contributed by atoms with E-state index >= 15 is 0 Å². The molecule has 2 heterocycles. The van der Waals surface area contributed by atoms with Crippen LogP contribution in [0.1, 0.15) is 16.1 Å². The number of carbonyl (C=O) groups is 1. The molecule has 0 saturated heterocycles. The third-order valence-electron chi connectivity index (χ3n) is 2.63. The van der Waals surface area contributed by atoms with E-state index in [1.807, 2.05) is 0 Å². The van der Waals surface area contributed by atoms with E-state index in [9.17, 15) is 9.59 Å². The molecule has 0 aromatic carbocycles. The number of anilines is 1. The summed E-state index contributed by atoms with van der Waals surface area (Å²) in [6.07, 6.45) is 2.82. The lowest BCUT2D eigenvalue weighted by Crippen LogP contribution is -2.25. The van der Waals surface area contributed by atoms with Crippen molar-refractivity contribution in [3.63, 3.8) is 0 Å². The predicted molar refractivity (Wildman–Crippen MR) is 67.6 cm³/mol. The van der Waals surface area contributed by atoms with E-state index in [0.717, 1.165) is 0 Å². The minimum absolute atomic E-state index is 0.0602. The molecule has 0 aliphatic heterocycles. The van der Waals surface area contributed by atoms with Gasteiger partial charge in [-0.05, 0) is 6.07 Å². The van der Waals surface area contributed by atoms with Crippen molar-refractivity contribution in [3.05, 3.63) is 46.3 Å². The highest BCUT2D eigenvalue weighted by molar-refractivity contribution is 5.86. The summed E-state index contributed by atoms with van der Waals surface area (Å²) >= 11 is 0. The highest BCUT2D eigenvalue weighted by Gasteiger charge is 2.15. The Morgan fingerprint density at radius 3 is 2.84 bits per heavy atom. The molecule has 0 unspecified atom stereocenters. The van der Waals surface area contributed by atoms with E-state index in [-0.39, 0.29) is 17.9 Å². The quantitative estimate of drug-likeness (QED) is 0.871. The lowest BCUT2D eigenvalue weighted by atomic mass is 10.2. The van der Waals surface area contributed by atoms with Gasteiger partial charge in [0.15, 0.2) is 0 Å². The molecule has 2 rings (SSSR count). The molecule has 0 fully saturated rings. The first-order chi connectivity index (χ1) is 8.99. The number of rotatable bonds is 4. The lowest BCUT2D eigenvalue weighted by Gasteiger charge is -2.12. The van der Waals surface area contributed by atoms with Crippen molar-refractivity contribution in [2.45, 2.75) is 6.54 Å². The van der Waals surface area contributed by atoms with Crippen LogP contribution in [0.2, 0.25) is 0 Å². The zero-order valence-corrected chi connectivity index (χ0v) is 10.5. The molecule has 0 atom stereocenters. The highest BCUT2D eigenvalue weighted by atomic mass is 16.4. The SMILES string of the molecule is CN(C)c1cnn(Cc2ccoc2C(=O)O)c(=O)c1. The van der Waals surface area contributed by atoms with Crippen molar-refractivity contribution < 1.29 is 14.3 Å². The van der Waals surface area contributed by atoms with E-state index in [1.54, 1.807) is 25.2 Å². The van der Waals surface area contributed by atoms with Crippen LogP contribution in [0.25, 0.3) is 0 Å². The van der Waals surface area contributed by atoms with E-state index in [1.165, 1.54) is 23.1 Å². The van der Waals surface area contributed by atoms with Gasteiger partial charge in [-0.1, -0.05) is 0 Å². The number of nitrogens with zero attached hydrogens (tertiary/aromatic N) is 3. The van der Waals surface area contributed by atoms with Crippen molar-refractivity contribution in [1.82, 2.24) is 9.78 Å². The number of carboxylic acid groups (broad SMARTS) is 1. The number of hydrogen-bond acceptors (Lipinski definition) is 5. The average molecular weight is 263 g/mol. The minimum Gasteiger partial charge on any atom is -0.475 e. The van der Waals surface area contributed by atoms with Crippen LogP contribution in [-0.2, 0) is 6.54 Å². The summed E-state index contributed by atoms with van der Waals surface area (Å²) in [7, 11) is 3.61. The van der Waals surface area contributed by atoms with Gasteiger partial charge in [-0.2, -0.15) is 5.10 Å². The monoisotopic (exact) mass is 263 g/mol. The maximum Gasteiger partial charge on any atom is 0.372 e. The Morgan fingerprint density at radius 1 is 1.53 bits per heavy atom. The van der Waals surface area contributed by atoms with E-state index in [4.69, 9.17) is 9.52 Å². The second-order valence-electron chi connectivity index (χ2n) is 4.18. The van der Waals surface area contributed by atoms with Crippen LogP contribution in [0.3, 0.4) is 0 Å². The number of carboxylic acids is 1. The molecule has 100 valence electrons. The van der Waals surface area contributed by atoms with Crippen LogP contribution >= 0.6 is 0 Å². The third kappa shape index (κ3) is 2.65. The molecular weight excluding hydrogens is 250 g/mol. The van der Waals surface area contributed by atoms with Crippen LogP contribution in [0.5, 0.6) is 0 Å². The van der Waals surface area contributed by atoms with Gasteiger partial charge >= 0.3 is 5.97 Å². The molecule has 0 aliphatic rings. The maximum atomic E-state index is 11.8. The van der Waals surface area contributed by atoms with Gasteiger partial charge in [0.1, 0.15) is 0 Å². The van der Waals surface area contributed by atoms with Crippen LogP contribution < -0.4 is 10.5 Å². The minimum atomic E-state index is -1.17. The first-order valence-electron chi connectivity index (χ1n) is 5.53. The second kappa shape index (κ2) is 4.97. The molecule has 0 amide bonds. The standard InChI is InChI=1S/C12H13N3O4/c1-14(2)9-5-10(16)15(13-6-9)7-8-3-4-19-11(8)12(17)18/h3-6H,7H2,1-2H3,(H,17,18). The Bertz CT molecular complexity index is 657. The Labute approximate surface area is 108 Å². The van der Waals surface area contributed by atoms with Gasteiger partial charge in [0.2, 0.25) is 5.76 Å². The molecule has 1 N–H and O–H groups in total. The van der Waals surface area contributed by atoms with E-state index < -0.39 is 5.97 Å². The van der Waals surface area contributed by atoms with Crippen LogP contribution in [0, 0.1) is 0 Å². The highest BCUT2D eigenvalue weighted by Crippen LogP contribution is 2.11. The third-order valence-corrected chi connectivity index (χ3v) is 2.63. The molecule has 0 saturated carbocycles. The zero-order valence-electron chi connectivity index (χ0n) is 10.5. The van der Waals surface area contributed by atoms with Crippen molar-refractivity contribution in [3.8, 4) is 0 Å². The zero-order chi connectivity index (χ0) is 14.0. The fourth-order valence-electron chi connectivity index (χ4n) is 1.60. The fourth-order valence-corrected chi connectivity index (χ4v) is 1.60. The summed E-state index contributed by atoms with van der Waals surface area (Å²) in [4.78, 5) is 24.5. The van der Waals surface area contributed by atoms with Crippen LogP contribution in [-0.4, -0.2) is 35.0 Å². The first-order valence-corrected chi connectivity index (χ1v) is 5.53. The average Bonchev–Trinajstić information content (AvgIpc) is 2.79. The summed E-state index contributed by atoms with van der Waals surface area (Å²) in [6.45, 7) is 0.0602. The first kappa shape index (κ1) is 12.9. The Morgan fingerprint density at radius 2 is 2.26 bits per heavy atom. The van der Waals surface area contributed by atoms with Crippen molar-refractivity contribution in [1.29, 1.82) is 0 Å². The topological polar surface area (TPSA) is 88.6 Å². The summed E-state index contributed by atoms with van der Waals surface area (Å²) in [5, 5.41) is 12.9. The molecule has 19 heavy (non-hydrogen) atoms. The number of hydrogen-bond donors (Lipinski definition) is 1. The smallest absolute Gasteiger partial charge is 0.372 e. The Hall–Kier alpha value is -2.57. The molecule has 2 aromatic heterocycles. The molecule has 0 radical (unpaired) electrons. The van der Waals surface area contributed by atoms with Crippen LogP contribution in [0.15, 0.2) is 33.8 Å². The molecule has 7 heteroatoms. The molecule has 0 aliphatic carbocycles. The fraction of sp³-hybridized carbons (Fsp3) is 0.250. The van der Waals surface area contributed by atoms with Gasteiger partial charge in [0, 0.05) is 25.7 Å². The van der Waals surface area contributed by atoms with Crippen molar-refractivity contribution >= 4 is 11.7 Å². The van der Waals surface area contributed by atoms with Crippen LogP contribution in [0.4, 0.5) is 5.69 Å². The second-order valence-corrected chi connectivity index (χ2v) is 4.18. The summed E-state index contributed by atoms with van der Waals surface area (Å²) < 4.78 is 6.03. The summed E-state index contributed by atoms with van der Waals surface area (Å²) in [5.74, 6) is -1.34. The van der Waals surface area contributed by atoms with Gasteiger partial charge in [-0.25, -0.2) is 9.48 Å². The van der Waals surface area contributed by atoms with Crippen molar-refractivity contribution in [2.75, 3.05) is 19.0 Å². The molecule has 0 bridgehead atoms. The summed E-state index contributed by atoms with van der Waals surface area (Å²) in [5.41, 5.74) is 0.787. The molecule has 0 spiro atoms. The Balaban J connectivity index is 2.31. The lowest BCUT2D eigenvalue weighted by molar-refractivity contribution is 0.0660. The van der Waals surface area contributed by atoms with Gasteiger partial charge in [0.05, 0.1) is 24.7 Å². The number of aromatic nitrogens is 2. The summed E-state index contributed by atoms with van der Waals surface area (Å²) in [6, 6.07) is 2.95. The normalized spacial score (nSPS) is 10.4. The number of aromatic carboxylic acids is 1. The predicted octanol–water partition coefficient (Wildman–Crippen LogP) is 0.649. The van der Waals surface area contributed by atoms with E-state index in [2.05, 4.69) is 5.10 Å². The van der Waals surface area contributed by atoms with Gasteiger partial charge in [-0.15, -0.1) is 0 Å². The maximum absolute atomic E-state index is 11.8.